The molecular formula is C23H27NO11S. The van der Waals surface area contributed by atoms with Crippen molar-refractivity contribution < 1.29 is 47.3 Å². The fourth-order valence-corrected chi connectivity index (χ4v) is 4.63. The molecule has 1 aliphatic rings. The van der Waals surface area contributed by atoms with Gasteiger partial charge in [-0.3, -0.25) is 19.2 Å². The second-order valence-corrected chi connectivity index (χ2v) is 9.22. The van der Waals surface area contributed by atoms with Gasteiger partial charge < -0.3 is 33.4 Å². The van der Waals surface area contributed by atoms with Crippen LogP contribution in [-0.4, -0.2) is 61.1 Å². The van der Waals surface area contributed by atoms with Crippen molar-refractivity contribution in [2.24, 2.45) is 0 Å². The van der Waals surface area contributed by atoms with Crippen LogP contribution < -0.4 is 15.0 Å². The summed E-state index contributed by atoms with van der Waals surface area (Å²) >= 11 is 0.894. The van der Waals surface area contributed by atoms with Crippen molar-refractivity contribution >= 4 is 45.4 Å². The van der Waals surface area contributed by atoms with Crippen LogP contribution in [0, 0.1) is 13.8 Å². The molecule has 2 aromatic rings. The third-order valence-corrected chi connectivity index (χ3v) is 6.22. The van der Waals surface area contributed by atoms with Gasteiger partial charge in [0.05, 0.1) is 4.70 Å². The number of carbonyl (C=O) groups is 4. The van der Waals surface area contributed by atoms with E-state index < -0.39 is 59.4 Å². The number of carbonyl (C=O) groups excluding carboxylic acids is 4. The van der Waals surface area contributed by atoms with E-state index in [0.717, 1.165) is 25.2 Å². The Hall–Kier alpha value is -3.45. The van der Waals surface area contributed by atoms with Crippen molar-refractivity contribution in [3.63, 3.8) is 0 Å². The average Bonchev–Trinajstić information content (AvgIpc) is 3.13. The number of benzene rings is 1. The third-order valence-electron chi connectivity index (χ3n) is 5.45. The van der Waals surface area contributed by atoms with Gasteiger partial charge in [0.15, 0.2) is 17.8 Å². The summed E-state index contributed by atoms with van der Waals surface area (Å²) in [7, 11) is 0. The average molecular weight is 526 g/mol. The highest BCUT2D eigenvalue weighted by atomic mass is 32.1. The Kier molecular flexibility index (Phi) is 8.35. The molecule has 1 aliphatic heterocycles. The predicted octanol–water partition coefficient (Wildman–Crippen LogP) is 1.51. The summed E-state index contributed by atoms with van der Waals surface area (Å²) in [5, 5.41) is 2.64. The van der Waals surface area contributed by atoms with Gasteiger partial charge in [0.25, 0.3) is 0 Å². The van der Waals surface area contributed by atoms with Crippen molar-refractivity contribution in [3.05, 3.63) is 26.9 Å². The quantitative estimate of drug-likeness (QED) is 0.413. The van der Waals surface area contributed by atoms with Crippen LogP contribution in [0.3, 0.4) is 0 Å². The number of ether oxygens (including phenoxy) is 5. The van der Waals surface area contributed by atoms with Crippen molar-refractivity contribution in [1.29, 1.82) is 0 Å². The summed E-state index contributed by atoms with van der Waals surface area (Å²) in [6.45, 7) is 7.91. The van der Waals surface area contributed by atoms with E-state index in [2.05, 4.69) is 5.32 Å². The third kappa shape index (κ3) is 6.21. The first-order valence-corrected chi connectivity index (χ1v) is 11.8. The molecule has 36 heavy (non-hydrogen) atoms. The zero-order chi connectivity index (χ0) is 26.7. The van der Waals surface area contributed by atoms with Gasteiger partial charge in [0.1, 0.15) is 24.5 Å². The molecule has 0 bridgehead atoms. The van der Waals surface area contributed by atoms with E-state index in [1.165, 1.54) is 13.8 Å². The van der Waals surface area contributed by atoms with Gasteiger partial charge in [0, 0.05) is 33.8 Å². The molecule has 0 radical (unpaired) electrons. The maximum absolute atomic E-state index is 12.1. The zero-order valence-electron chi connectivity index (χ0n) is 20.6. The smallest absolute Gasteiger partial charge is 0.396 e. The van der Waals surface area contributed by atoms with Gasteiger partial charge in [-0.2, -0.15) is 0 Å². The van der Waals surface area contributed by atoms with Crippen molar-refractivity contribution in [2.45, 2.75) is 72.2 Å². The van der Waals surface area contributed by atoms with E-state index in [0.29, 0.717) is 27.2 Å². The molecular weight excluding hydrogens is 498 g/mol. The largest absolute Gasteiger partial charge is 0.463 e. The highest BCUT2D eigenvalue weighted by Crippen LogP contribution is 2.35. The van der Waals surface area contributed by atoms with E-state index in [4.69, 9.17) is 28.1 Å². The minimum absolute atomic E-state index is 0.316. The molecule has 1 amide bonds. The summed E-state index contributed by atoms with van der Waals surface area (Å²) in [6.07, 6.45) is -4.85. The molecule has 1 N–H and O–H groups in total. The Bertz CT molecular complexity index is 1230. The number of fused-ring (bicyclic) bond motifs is 1. The lowest BCUT2D eigenvalue weighted by atomic mass is 9.96. The van der Waals surface area contributed by atoms with E-state index in [-0.39, 0.29) is 6.61 Å². The predicted molar refractivity (Wildman–Crippen MR) is 124 cm³/mol. The number of hydrogen-bond donors (Lipinski definition) is 1. The van der Waals surface area contributed by atoms with Crippen LogP contribution >= 0.6 is 11.3 Å². The van der Waals surface area contributed by atoms with Crippen molar-refractivity contribution in [2.75, 3.05) is 6.61 Å². The van der Waals surface area contributed by atoms with Crippen molar-refractivity contribution in [3.8, 4) is 5.75 Å². The molecule has 1 fully saturated rings. The summed E-state index contributed by atoms with van der Waals surface area (Å²) in [4.78, 5) is 58.7. The van der Waals surface area contributed by atoms with Crippen LogP contribution in [0.15, 0.2) is 15.3 Å². The van der Waals surface area contributed by atoms with Gasteiger partial charge in [-0.15, -0.1) is 0 Å². The standard InChI is InChI=1S/C23H27NO11S/c1-9-10(2)19-17(36-23(29)35-19)7-15(9)33-22-18(24-11(3)25)21(32-14(6)28)20(31-13(5)27)16(34-22)8-30-12(4)26/h7,16,18,20-22H,8H2,1-6H3,(H,24,25)/t16-,18+,20+,21-,22-/m0/s1. The lowest BCUT2D eigenvalue weighted by Gasteiger charge is -2.44. The van der Waals surface area contributed by atoms with E-state index in [1.807, 2.05) is 0 Å². The summed E-state index contributed by atoms with van der Waals surface area (Å²) in [5.74, 6) is -2.21. The second-order valence-electron chi connectivity index (χ2n) is 8.24. The molecule has 0 unspecified atom stereocenters. The monoisotopic (exact) mass is 525 g/mol. The SMILES string of the molecule is CC(=O)N[C@H]1[C@@H](Oc2cc3sc(=O)oc3c(C)c2C)O[C@@H](COC(C)=O)[C@@H](OC(C)=O)[C@H]1OC(C)=O. The number of rotatable bonds is 7. The lowest BCUT2D eigenvalue weighted by Crippen LogP contribution is -2.67. The molecule has 0 spiro atoms. The molecule has 1 saturated heterocycles. The normalized spacial score (nSPS) is 23.6. The molecule has 5 atom stereocenters. The van der Waals surface area contributed by atoms with Crippen LogP contribution in [0.2, 0.25) is 0 Å². The Balaban J connectivity index is 2.07. The van der Waals surface area contributed by atoms with Crippen LogP contribution in [0.25, 0.3) is 10.3 Å². The fraction of sp³-hybridized carbons (Fsp3) is 0.522. The summed E-state index contributed by atoms with van der Waals surface area (Å²) in [6, 6.07) is 0.476. The minimum Gasteiger partial charge on any atom is -0.463 e. The van der Waals surface area contributed by atoms with Crippen LogP contribution in [0.1, 0.15) is 38.8 Å². The first-order chi connectivity index (χ1) is 16.9. The zero-order valence-corrected chi connectivity index (χ0v) is 21.4. The molecule has 0 saturated carbocycles. The molecule has 12 nitrogen and oxygen atoms in total. The highest BCUT2D eigenvalue weighted by Gasteiger charge is 2.52. The van der Waals surface area contributed by atoms with E-state index in [1.54, 1.807) is 19.9 Å². The number of hydrogen-bond acceptors (Lipinski definition) is 12. The maximum atomic E-state index is 12.1. The van der Waals surface area contributed by atoms with Gasteiger partial charge in [-0.05, 0) is 25.0 Å². The first-order valence-electron chi connectivity index (χ1n) is 11.0. The molecule has 2 heterocycles. The summed E-state index contributed by atoms with van der Waals surface area (Å²) in [5.41, 5.74) is 1.73. The number of esters is 3. The Morgan fingerprint density at radius 1 is 0.972 bits per heavy atom. The highest BCUT2D eigenvalue weighted by molar-refractivity contribution is 7.16. The molecule has 1 aromatic carbocycles. The topological polar surface area (TPSA) is 157 Å². The van der Waals surface area contributed by atoms with Crippen LogP contribution in [0.5, 0.6) is 5.75 Å². The van der Waals surface area contributed by atoms with Gasteiger partial charge in [-0.25, -0.2) is 4.79 Å². The molecule has 13 heteroatoms. The lowest BCUT2D eigenvalue weighted by molar-refractivity contribution is -0.257. The Labute approximate surface area is 209 Å². The maximum Gasteiger partial charge on any atom is 0.396 e. The molecule has 196 valence electrons. The van der Waals surface area contributed by atoms with Crippen molar-refractivity contribution in [1.82, 2.24) is 5.32 Å². The minimum atomic E-state index is -1.27. The molecule has 3 rings (SSSR count). The van der Waals surface area contributed by atoms with Gasteiger partial charge >= 0.3 is 22.8 Å². The van der Waals surface area contributed by atoms with Crippen LogP contribution in [-0.2, 0) is 38.1 Å². The number of nitrogens with one attached hydrogen (secondary N) is 1. The van der Waals surface area contributed by atoms with E-state index in [9.17, 15) is 24.0 Å². The summed E-state index contributed by atoms with van der Waals surface area (Å²) < 4.78 is 33.9. The fourth-order valence-electron chi connectivity index (χ4n) is 3.87. The Morgan fingerprint density at radius 3 is 2.19 bits per heavy atom. The first kappa shape index (κ1) is 27.1. The van der Waals surface area contributed by atoms with Gasteiger partial charge in [0.2, 0.25) is 12.2 Å². The molecule has 1 aromatic heterocycles. The Morgan fingerprint density at radius 2 is 1.61 bits per heavy atom. The number of aryl methyl sites for hydroxylation is 1. The number of amides is 1. The molecule has 0 aliphatic carbocycles. The second kappa shape index (κ2) is 11.1. The van der Waals surface area contributed by atoms with Crippen LogP contribution in [0.4, 0.5) is 0 Å². The van der Waals surface area contributed by atoms with E-state index >= 15 is 0 Å². The van der Waals surface area contributed by atoms with Gasteiger partial charge in [-0.1, -0.05) is 11.3 Å².